The molecule has 0 atom stereocenters. The fourth-order valence-corrected chi connectivity index (χ4v) is 4.77. The quantitative estimate of drug-likeness (QED) is 0.738. The first-order chi connectivity index (χ1) is 15.8. The number of alkyl halides is 3. The van der Waals surface area contributed by atoms with Gasteiger partial charge in [0.05, 0.1) is 18.8 Å². The second kappa shape index (κ2) is 10.2. The summed E-state index contributed by atoms with van der Waals surface area (Å²) in [5.74, 6) is -0.553. The molecule has 0 spiro atoms. The van der Waals surface area contributed by atoms with Gasteiger partial charge in [0.2, 0.25) is 5.91 Å². The van der Waals surface area contributed by atoms with Crippen molar-refractivity contribution in [2.24, 2.45) is 5.92 Å². The molecule has 10 heteroatoms. The van der Waals surface area contributed by atoms with Gasteiger partial charge in [-0.3, -0.25) is 4.79 Å². The zero-order valence-electron chi connectivity index (χ0n) is 18.7. The van der Waals surface area contributed by atoms with Gasteiger partial charge in [-0.25, -0.2) is 4.79 Å². The Hall–Kier alpha value is -2.49. The normalized spacial score (nSPS) is 20.3. The summed E-state index contributed by atoms with van der Waals surface area (Å²) in [7, 11) is 0. The molecule has 0 aliphatic carbocycles. The lowest BCUT2D eigenvalue weighted by Crippen LogP contribution is -2.47. The van der Waals surface area contributed by atoms with Gasteiger partial charge in [0.15, 0.2) is 0 Å². The molecule has 0 unspecified atom stereocenters. The van der Waals surface area contributed by atoms with Gasteiger partial charge in [0.1, 0.15) is 0 Å². The molecule has 0 aromatic heterocycles. The van der Waals surface area contributed by atoms with Crippen LogP contribution in [0.3, 0.4) is 0 Å². The Balaban J connectivity index is 1.33. The lowest BCUT2D eigenvalue weighted by atomic mass is 9.95. The highest BCUT2D eigenvalue weighted by Crippen LogP contribution is 2.35. The number of carbonyl (C=O) groups is 2. The molecule has 7 nitrogen and oxygen atoms in total. The minimum Gasteiger partial charge on any atom is -0.378 e. The molecule has 3 heterocycles. The van der Waals surface area contributed by atoms with Crippen molar-refractivity contribution in [2.75, 3.05) is 57.4 Å². The van der Waals surface area contributed by atoms with Crippen molar-refractivity contribution >= 4 is 17.6 Å². The largest absolute Gasteiger partial charge is 0.416 e. The van der Waals surface area contributed by atoms with Crippen LogP contribution in [0.4, 0.5) is 23.7 Å². The van der Waals surface area contributed by atoms with Crippen LogP contribution in [0.15, 0.2) is 18.2 Å². The molecule has 3 saturated heterocycles. The Morgan fingerprint density at radius 2 is 1.61 bits per heavy atom. The molecule has 4 rings (SSSR count). The van der Waals surface area contributed by atoms with Crippen LogP contribution in [0, 0.1) is 5.92 Å². The number of likely N-dealkylation sites (tertiary alicyclic amines) is 2. The van der Waals surface area contributed by atoms with Crippen LogP contribution in [-0.4, -0.2) is 74.2 Å². The lowest BCUT2D eigenvalue weighted by molar-refractivity contribution is -0.138. The molecule has 182 valence electrons. The lowest BCUT2D eigenvalue weighted by Gasteiger charge is -2.34. The van der Waals surface area contributed by atoms with Gasteiger partial charge in [0, 0.05) is 57.4 Å². The summed E-state index contributed by atoms with van der Waals surface area (Å²) in [6.07, 6.45) is -1.42. The van der Waals surface area contributed by atoms with Crippen molar-refractivity contribution < 1.29 is 27.5 Å². The van der Waals surface area contributed by atoms with Crippen LogP contribution in [0.25, 0.3) is 0 Å². The maximum atomic E-state index is 13.7. The van der Waals surface area contributed by atoms with Crippen LogP contribution >= 0.6 is 0 Å². The Morgan fingerprint density at radius 1 is 0.970 bits per heavy atom. The predicted octanol–water partition coefficient (Wildman–Crippen LogP) is 3.09. The molecule has 33 heavy (non-hydrogen) atoms. The van der Waals surface area contributed by atoms with Gasteiger partial charge in [-0.1, -0.05) is 6.07 Å². The van der Waals surface area contributed by atoms with E-state index in [1.54, 1.807) is 11.0 Å². The number of benzene rings is 1. The molecule has 1 aromatic rings. The van der Waals surface area contributed by atoms with E-state index in [-0.39, 0.29) is 30.0 Å². The maximum absolute atomic E-state index is 13.7. The zero-order valence-corrected chi connectivity index (χ0v) is 18.7. The molecule has 1 aromatic carbocycles. The number of anilines is 1. The fraction of sp³-hybridized carbons (Fsp3) is 0.652. The second-order valence-corrected chi connectivity index (χ2v) is 8.89. The molecule has 1 N–H and O–H groups in total. The van der Waals surface area contributed by atoms with Gasteiger partial charge in [-0.05, 0) is 43.4 Å². The number of piperidine rings is 1. The van der Waals surface area contributed by atoms with Crippen molar-refractivity contribution in [2.45, 2.75) is 38.4 Å². The molecule has 0 bridgehead atoms. The third-order valence-corrected chi connectivity index (χ3v) is 6.74. The van der Waals surface area contributed by atoms with Crippen molar-refractivity contribution in [3.8, 4) is 0 Å². The summed E-state index contributed by atoms with van der Waals surface area (Å²) in [6, 6.07) is 4.31. The summed E-state index contributed by atoms with van der Waals surface area (Å²) in [5, 5.41) is 2.69. The SMILES string of the molecule is O=C(NCc1ccc(N2CCOCC2)cc1C(F)(F)F)C1CCN(C(=O)N2CCCC2)CC1. The second-order valence-electron chi connectivity index (χ2n) is 8.89. The number of carbonyl (C=O) groups excluding carboxylic acids is 2. The van der Waals surface area contributed by atoms with Crippen LogP contribution in [0.2, 0.25) is 0 Å². The first kappa shape index (κ1) is 23.7. The molecule has 3 aliphatic heterocycles. The Bertz CT molecular complexity index is 844. The first-order valence-electron chi connectivity index (χ1n) is 11.7. The van der Waals surface area contributed by atoms with E-state index in [0.717, 1.165) is 32.0 Å². The average Bonchev–Trinajstić information content (AvgIpc) is 3.37. The number of nitrogens with one attached hydrogen (secondary N) is 1. The van der Waals surface area contributed by atoms with E-state index in [1.165, 1.54) is 6.07 Å². The fourth-order valence-electron chi connectivity index (χ4n) is 4.77. The number of rotatable bonds is 4. The topological polar surface area (TPSA) is 65.1 Å². The van der Waals surface area contributed by atoms with Crippen LogP contribution in [0.1, 0.15) is 36.8 Å². The van der Waals surface area contributed by atoms with Crippen molar-refractivity contribution in [3.05, 3.63) is 29.3 Å². The molecule has 0 saturated carbocycles. The van der Waals surface area contributed by atoms with Gasteiger partial charge in [-0.15, -0.1) is 0 Å². The van der Waals surface area contributed by atoms with E-state index in [2.05, 4.69) is 5.32 Å². The summed E-state index contributed by atoms with van der Waals surface area (Å²) in [6.45, 7) is 4.45. The number of halogens is 3. The van der Waals surface area contributed by atoms with E-state index in [4.69, 9.17) is 4.74 Å². The molecule has 3 aliphatic rings. The van der Waals surface area contributed by atoms with Crippen molar-refractivity contribution in [1.29, 1.82) is 0 Å². The molecular weight excluding hydrogens is 437 g/mol. The summed E-state index contributed by atoms with van der Waals surface area (Å²) < 4.78 is 46.4. The van der Waals surface area contributed by atoms with Gasteiger partial charge >= 0.3 is 12.2 Å². The molecule has 0 radical (unpaired) electrons. The summed E-state index contributed by atoms with van der Waals surface area (Å²) >= 11 is 0. The minimum atomic E-state index is -4.51. The highest BCUT2D eigenvalue weighted by molar-refractivity contribution is 5.80. The highest BCUT2D eigenvalue weighted by Gasteiger charge is 2.35. The van der Waals surface area contributed by atoms with Crippen molar-refractivity contribution in [3.63, 3.8) is 0 Å². The van der Waals surface area contributed by atoms with E-state index >= 15 is 0 Å². The summed E-state index contributed by atoms with van der Waals surface area (Å²) in [5.41, 5.74) is -0.164. The van der Waals surface area contributed by atoms with Crippen LogP contribution < -0.4 is 10.2 Å². The van der Waals surface area contributed by atoms with Gasteiger partial charge in [0.25, 0.3) is 0 Å². The van der Waals surface area contributed by atoms with Gasteiger partial charge in [-0.2, -0.15) is 13.2 Å². The minimum absolute atomic E-state index is 0.0292. The van der Waals surface area contributed by atoms with Crippen LogP contribution in [0.5, 0.6) is 0 Å². The van der Waals surface area contributed by atoms with Crippen LogP contribution in [-0.2, 0) is 22.3 Å². The average molecular weight is 469 g/mol. The van der Waals surface area contributed by atoms with E-state index in [0.29, 0.717) is 57.9 Å². The number of amides is 3. The highest BCUT2D eigenvalue weighted by atomic mass is 19.4. The van der Waals surface area contributed by atoms with Gasteiger partial charge < -0.3 is 24.8 Å². The smallest absolute Gasteiger partial charge is 0.378 e. The van der Waals surface area contributed by atoms with E-state index in [9.17, 15) is 22.8 Å². The third kappa shape index (κ3) is 5.72. The van der Waals surface area contributed by atoms with Crippen molar-refractivity contribution in [1.82, 2.24) is 15.1 Å². The maximum Gasteiger partial charge on any atom is 0.416 e. The number of ether oxygens (including phenoxy) is 1. The molecular formula is C23H31F3N4O3. The monoisotopic (exact) mass is 468 g/mol. The number of hydrogen-bond donors (Lipinski definition) is 1. The Kier molecular flexibility index (Phi) is 7.31. The standard InChI is InChI=1S/C23H31F3N4O3/c24-23(25,26)20-15-19(28-11-13-33-14-12-28)4-3-18(20)16-27-21(31)17-5-9-30(10-6-17)22(32)29-7-1-2-8-29/h3-4,15,17H,1-2,5-14,16H2,(H,27,31). The first-order valence-corrected chi connectivity index (χ1v) is 11.7. The predicted molar refractivity (Wildman–Crippen MR) is 117 cm³/mol. The summed E-state index contributed by atoms with van der Waals surface area (Å²) in [4.78, 5) is 30.6. The molecule has 3 amide bonds. The number of urea groups is 1. The van der Waals surface area contributed by atoms with E-state index in [1.807, 2.05) is 9.80 Å². The molecule has 3 fully saturated rings. The Morgan fingerprint density at radius 3 is 2.24 bits per heavy atom. The number of morpholine rings is 1. The number of nitrogens with zero attached hydrogens (tertiary/aromatic N) is 3. The Labute approximate surface area is 191 Å². The third-order valence-electron chi connectivity index (χ3n) is 6.74. The van der Waals surface area contributed by atoms with E-state index < -0.39 is 11.7 Å². The zero-order chi connectivity index (χ0) is 23.4. The number of hydrogen-bond acceptors (Lipinski definition) is 4.